The molecule has 7 nitrogen and oxygen atoms in total. The number of carbonyl (C=O) groups is 1. The van der Waals surface area contributed by atoms with E-state index in [9.17, 15) is 9.90 Å². The van der Waals surface area contributed by atoms with Crippen LogP contribution in [-0.4, -0.2) is 31.1 Å². The summed E-state index contributed by atoms with van der Waals surface area (Å²) in [7, 11) is 0. The zero-order chi connectivity index (χ0) is 23.7. The number of aromatic nitrogens is 2. The van der Waals surface area contributed by atoms with Crippen LogP contribution in [0.3, 0.4) is 0 Å². The van der Waals surface area contributed by atoms with E-state index < -0.39 is 5.97 Å². The molecule has 3 aromatic heterocycles. The second-order valence-corrected chi connectivity index (χ2v) is 8.50. The molecule has 4 aromatic rings. The summed E-state index contributed by atoms with van der Waals surface area (Å²) in [6.45, 7) is 2.39. The van der Waals surface area contributed by atoms with Gasteiger partial charge in [-0.25, -0.2) is 4.79 Å². The van der Waals surface area contributed by atoms with Crippen molar-refractivity contribution in [2.75, 3.05) is 0 Å². The average molecular weight is 471 g/mol. The fraction of sp³-hybridized carbons (Fsp3) is 0.154. The fourth-order valence-electron chi connectivity index (χ4n) is 4.28. The lowest BCUT2D eigenvalue weighted by Crippen LogP contribution is -2.29. The van der Waals surface area contributed by atoms with Gasteiger partial charge in [-0.05, 0) is 73.2 Å². The Morgan fingerprint density at radius 1 is 1.09 bits per heavy atom. The van der Waals surface area contributed by atoms with Gasteiger partial charge in [-0.3, -0.25) is 9.97 Å². The Kier molecular flexibility index (Phi) is 5.81. The minimum absolute atomic E-state index is 0.202. The normalized spacial score (nSPS) is 17.6. The molecule has 1 saturated heterocycles. The summed E-state index contributed by atoms with van der Waals surface area (Å²) in [5, 5.41) is 13.3. The summed E-state index contributed by atoms with van der Waals surface area (Å²) in [6.07, 6.45) is 3.53. The van der Waals surface area contributed by atoms with Crippen LogP contribution in [0.4, 0.5) is 0 Å². The highest BCUT2D eigenvalue weighted by Crippen LogP contribution is 2.41. The molecule has 4 heterocycles. The average Bonchev–Trinajstić information content (AvgIpc) is 3.45. The first kappa shape index (κ1) is 21.8. The van der Waals surface area contributed by atoms with E-state index in [4.69, 9.17) is 16.6 Å². The molecule has 2 atom stereocenters. The maximum atomic E-state index is 11.3. The molecule has 0 saturated carbocycles. The molecule has 1 aromatic carbocycles. The van der Waals surface area contributed by atoms with Gasteiger partial charge in [0.2, 0.25) is 0 Å². The monoisotopic (exact) mass is 470 g/mol. The van der Waals surface area contributed by atoms with Gasteiger partial charge in [0.15, 0.2) is 5.11 Å². The Hall–Kier alpha value is -4.04. The van der Waals surface area contributed by atoms with E-state index in [0.29, 0.717) is 17.4 Å². The maximum absolute atomic E-state index is 11.3. The van der Waals surface area contributed by atoms with Gasteiger partial charge in [-0.2, -0.15) is 0 Å². The van der Waals surface area contributed by atoms with Crippen molar-refractivity contribution >= 4 is 23.3 Å². The number of nitrogens with zero attached hydrogens (tertiary/aromatic N) is 3. The molecule has 2 N–H and O–H groups in total. The van der Waals surface area contributed by atoms with E-state index in [-0.39, 0.29) is 17.6 Å². The topological polar surface area (TPSA) is 91.5 Å². The lowest BCUT2D eigenvalue weighted by Gasteiger charge is -2.25. The number of rotatable bonds is 6. The zero-order valence-electron chi connectivity index (χ0n) is 18.4. The molecule has 0 unspecified atom stereocenters. The summed E-state index contributed by atoms with van der Waals surface area (Å²) < 4.78 is 6.37. The molecule has 8 heteroatoms. The molecule has 0 aliphatic carbocycles. The van der Waals surface area contributed by atoms with E-state index in [0.717, 1.165) is 28.3 Å². The number of pyridine rings is 2. The van der Waals surface area contributed by atoms with Crippen molar-refractivity contribution in [2.45, 2.75) is 25.6 Å². The number of carboxylic acid groups (broad SMARTS) is 1. The molecule has 170 valence electrons. The lowest BCUT2D eigenvalue weighted by molar-refractivity contribution is 0.0697. The van der Waals surface area contributed by atoms with Crippen molar-refractivity contribution in [1.29, 1.82) is 0 Å². The number of aryl methyl sites for hydroxylation is 1. The van der Waals surface area contributed by atoms with Crippen LogP contribution in [0.5, 0.6) is 0 Å². The van der Waals surface area contributed by atoms with E-state index in [1.54, 1.807) is 30.6 Å². The molecule has 0 radical (unpaired) electrons. The van der Waals surface area contributed by atoms with Gasteiger partial charge < -0.3 is 19.7 Å². The molecule has 0 amide bonds. The largest absolute Gasteiger partial charge is 0.478 e. The number of hydrogen-bond acceptors (Lipinski definition) is 5. The van der Waals surface area contributed by atoms with Crippen molar-refractivity contribution < 1.29 is 14.3 Å². The predicted molar refractivity (Wildman–Crippen MR) is 131 cm³/mol. The first-order chi connectivity index (χ1) is 16.5. The first-order valence-electron chi connectivity index (χ1n) is 10.8. The third-order valence-corrected chi connectivity index (χ3v) is 6.27. The Balaban J connectivity index is 1.53. The van der Waals surface area contributed by atoms with Gasteiger partial charge in [-0.1, -0.05) is 18.2 Å². The van der Waals surface area contributed by atoms with Crippen molar-refractivity contribution in [1.82, 2.24) is 20.2 Å². The number of carboxylic acids is 1. The van der Waals surface area contributed by atoms with Gasteiger partial charge in [0.05, 0.1) is 29.5 Å². The van der Waals surface area contributed by atoms with Gasteiger partial charge in [0.1, 0.15) is 17.6 Å². The Bertz CT molecular complexity index is 1340. The maximum Gasteiger partial charge on any atom is 0.335 e. The number of hydrogen-bond donors (Lipinski definition) is 2. The highest BCUT2D eigenvalue weighted by Gasteiger charge is 2.41. The molecular formula is C26H22N4O3S. The number of benzene rings is 1. The molecule has 0 spiro atoms. The lowest BCUT2D eigenvalue weighted by atomic mass is 10.0. The second kappa shape index (κ2) is 9.07. The minimum Gasteiger partial charge on any atom is -0.478 e. The molecule has 5 rings (SSSR count). The highest BCUT2D eigenvalue weighted by molar-refractivity contribution is 7.80. The second-order valence-electron chi connectivity index (χ2n) is 8.11. The van der Waals surface area contributed by atoms with Crippen LogP contribution in [0.1, 0.15) is 45.2 Å². The smallest absolute Gasteiger partial charge is 0.335 e. The van der Waals surface area contributed by atoms with Crippen LogP contribution in [0.2, 0.25) is 0 Å². The van der Waals surface area contributed by atoms with Crippen LogP contribution in [-0.2, 0) is 6.54 Å². The molecule has 1 aliphatic rings. The van der Waals surface area contributed by atoms with Crippen LogP contribution in [0, 0.1) is 6.92 Å². The Morgan fingerprint density at radius 2 is 1.88 bits per heavy atom. The molecule has 0 bridgehead atoms. The first-order valence-corrected chi connectivity index (χ1v) is 11.2. The standard InChI is InChI=1S/C26H22N4O3S/c1-16-14-17(25(31)32)8-9-19(16)21-10-11-22(33-21)24-23(20-7-3-5-13-28-20)29-26(34)30(24)15-18-6-2-4-12-27-18/h2-14,23-24H,15H2,1H3,(H,29,34)(H,31,32)/t23-,24-/m1/s1. The van der Waals surface area contributed by atoms with E-state index in [1.165, 1.54) is 0 Å². The predicted octanol–water partition coefficient (Wildman–Crippen LogP) is 4.92. The SMILES string of the molecule is Cc1cc(C(=O)O)ccc1-c1ccc([C@@H]2[C@@H](c3ccccn3)NC(=S)N2Cc2ccccn2)o1. The third kappa shape index (κ3) is 4.15. The molecule has 1 fully saturated rings. The molecule has 34 heavy (non-hydrogen) atoms. The van der Waals surface area contributed by atoms with E-state index in [2.05, 4.69) is 20.2 Å². The van der Waals surface area contributed by atoms with Crippen LogP contribution in [0.15, 0.2) is 83.5 Å². The van der Waals surface area contributed by atoms with E-state index >= 15 is 0 Å². The van der Waals surface area contributed by atoms with Crippen molar-refractivity contribution in [2.24, 2.45) is 0 Å². The number of aromatic carboxylic acids is 1. The zero-order valence-corrected chi connectivity index (χ0v) is 19.2. The van der Waals surface area contributed by atoms with E-state index in [1.807, 2.05) is 55.5 Å². The van der Waals surface area contributed by atoms with Crippen LogP contribution in [0.25, 0.3) is 11.3 Å². The van der Waals surface area contributed by atoms with Gasteiger partial charge in [0, 0.05) is 18.0 Å². The van der Waals surface area contributed by atoms with Crippen molar-refractivity contribution in [3.63, 3.8) is 0 Å². The van der Waals surface area contributed by atoms with Crippen LogP contribution < -0.4 is 5.32 Å². The number of thiocarbonyl (C=S) groups is 1. The Labute approximate surface area is 202 Å². The summed E-state index contributed by atoms with van der Waals surface area (Å²) in [4.78, 5) is 22.4. The molecular weight excluding hydrogens is 448 g/mol. The number of nitrogens with one attached hydrogen (secondary N) is 1. The Morgan fingerprint density at radius 3 is 2.56 bits per heavy atom. The van der Waals surface area contributed by atoms with Crippen LogP contribution >= 0.6 is 12.2 Å². The summed E-state index contributed by atoms with van der Waals surface area (Å²) >= 11 is 5.72. The van der Waals surface area contributed by atoms with Crippen molar-refractivity contribution in [3.8, 4) is 11.3 Å². The van der Waals surface area contributed by atoms with Gasteiger partial charge >= 0.3 is 5.97 Å². The summed E-state index contributed by atoms with van der Waals surface area (Å²) in [5.41, 5.74) is 3.67. The fourth-order valence-corrected chi connectivity index (χ4v) is 4.59. The summed E-state index contributed by atoms with van der Waals surface area (Å²) in [5.74, 6) is 0.444. The summed E-state index contributed by atoms with van der Waals surface area (Å²) in [6, 6.07) is 20.0. The van der Waals surface area contributed by atoms with Crippen molar-refractivity contribution in [3.05, 3.63) is 107 Å². The third-order valence-electron chi connectivity index (χ3n) is 5.91. The highest BCUT2D eigenvalue weighted by atomic mass is 32.1. The number of furan rings is 1. The quantitative estimate of drug-likeness (QED) is 0.384. The van der Waals surface area contributed by atoms with Gasteiger partial charge in [-0.15, -0.1) is 0 Å². The molecule has 1 aliphatic heterocycles. The van der Waals surface area contributed by atoms with Gasteiger partial charge in [0.25, 0.3) is 0 Å². The minimum atomic E-state index is -0.955.